The molecule has 0 spiro atoms. The highest BCUT2D eigenvalue weighted by Crippen LogP contribution is 2.33. The van der Waals surface area contributed by atoms with Gasteiger partial charge in [-0.3, -0.25) is 9.36 Å². The average molecular weight is 324 g/mol. The van der Waals surface area contributed by atoms with Gasteiger partial charge in [-0.15, -0.1) is 0 Å². The van der Waals surface area contributed by atoms with E-state index in [1.807, 2.05) is 0 Å². The first-order chi connectivity index (χ1) is 10.6. The fraction of sp³-hybridized carbons (Fsp3) is 0.462. The molecule has 0 radical (unpaired) electrons. The first-order valence-corrected chi connectivity index (χ1v) is 7.64. The van der Waals surface area contributed by atoms with Gasteiger partial charge in [0.05, 0.1) is 12.7 Å². The normalized spacial score (nSPS) is 21.3. The number of rotatable bonds is 5. The van der Waals surface area contributed by atoms with Crippen LogP contribution in [0.3, 0.4) is 0 Å². The molecule has 2 aromatic heterocycles. The summed E-state index contributed by atoms with van der Waals surface area (Å²) >= 11 is 0.985. The SMILES string of the molecule is C=CCOc1nc(N)nc2c1sc(=O)n2[C@H]1CC[C@@H](CO)O1. The highest BCUT2D eigenvalue weighted by molar-refractivity contribution is 7.16. The van der Waals surface area contributed by atoms with Crippen molar-refractivity contribution in [2.24, 2.45) is 0 Å². The van der Waals surface area contributed by atoms with Crippen LogP contribution >= 0.6 is 11.3 Å². The largest absolute Gasteiger partial charge is 0.472 e. The summed E-state index contributed by atoms with van der Waals surface area (Å²) < 4.78 is 13.1. The van der Waals surface area contributed by atoms with E-state index in [0.717, 1.165) is 11.3 Å². The quantitative estimate of drug-likeness (QED) is 0.777. The molecule has 1 aliphatic heterocycles. The van der Waals surface area contributed by atoms with Crippen molar-refractivity contribution < 1.29 is 14.6 Å². The molecule has 1 fully saturated rings. The molecule has 9 heteroatoms. The number of hydrogen-bond acceptors (Lipinski definition) is 8. The van der Waals surface area contributed by atoms with Gasteiger partial charge in [-0.25, -0.2) is 0 Å². The molecule has 22 heavy (non-hydrogen) atoms. The van der Waals surface area contributed by atoms with Gasteiger partial charge in [-0.2, -0.15) is 9.97 Å². The Hall–Kier alpha value is -1.97. The third-order valence-corrected chi connectivity index (χ3v) is 4.30. The zero-order valence-electron chi connectivity index (χ0n) is 11.8. The number of fused-ring (bicyclic) bond motifs is 1. The number of hydrogen-bond donors (Lipinski definition) is 2. The lowest BCUT2D eigenvalue weighted by atomic mass is 10.2. The van der Waals surface area contributed by atoms with Crippen molar-refractivity contribution in [3.8, 4) is 5.88 Å². The van der Waals surface area contributed by atoms with Crippen molar-refractivity contribution in [2.45, 2.75) is 25.2 Å². The zero-order valence-corrected chi connectivity index (χ0v) is 12.6. The molecule has 0 aromatic carbocycles. The van der Waals surface area contributed by atoms with Gasteiger partial charge in [0.25, 0.3) is 0 Å². The number of aliphatic hydroxyl groups excluding tert-OH is 1. The molecule has 0 aliphatic carbocycles. The molecule has 0 amide bonds. The van der Waals surface area contributed by atoms with Crippen LogP contribution in [0.2, 0.25) is 0 Å². The fourth-order valence-electron chi connectivity index (χ4n) is 2.41. The van der Waals surface area contributed by atoms with Gasteiger partial charge >= 0.3 is 4.87 Å². The number of aliphatic hydroxyl groups is 1. The second-order valence-electron chi connectivity index (χ2n) is 4.85. The molecule has 1 aliphatic rings. The molecule has 8 nitrogen and oxygen atoms in total. The Bertz CT molecular complexity index is 756. The summed E-state index contributed by atoms with van der Waals surface area (Å²) in [4.78, 5) is 20.3. The molecular formula is C13H16N4O4S. The van der Waals surface area contributed by atoms with E-state index in [4.69, 9.17) is 20.3 Å². The topological polar surface area (TPSA) is 112 Å². The third-order valence-electron chi connectivity index (χ3n) is 3.36. The van der Waals surface area contributed by atoms with Crippen molar-refractivity contribution in [1.29, 1.82) is 0 Å². The van der Waals surface area contributed by atoms with Gasteiger partial charge in [0.1, 0.15) is 17.5 Å². The van der Waals surface area contributed by atoms with Gasteiger partial charge < -0.3 is 20.3 Å². The molecule has 3 rings (SSSR count). The van der Waals surface area contributed by atoms with E-state index in [0.29, 0.717) is 23.2 Å². The fourth-order valence-corrected chi connectivity index (χ4v) is 3.32. The number of thiazole rings is 1. The molecule has 2 atom stereocenters. The summed E-state index contributed by atoms with van der Waals surface area (Å²) in [6, 6.07) is 0. The molecule has 3 N–H and O–H groups in total. The minimum absolute atomic E-state index is 0.0230. The molecule has 1 saturated heterocycles. The Morgan fingerprint density at radius 1 is 1.55 bits per heavy atom. The standard InChI is InChI=1S/C13H16N4O4S/c1-2-5-20-11-9-10(15-12(14)16-11)17(13(19)22-9)8-4-3-7(6-18)21-8/h2,7-8,18H,1,3-6H2,(H2,14,15,16)/t7-,8+/m0/s1. The zero-order chi connectivity index (χ0) is 15.7. The minimum atomic E-state index is -0.458. The molecule has 0 unspecified atom stereocenters. The average Bonchev–Trinajstić information content (AvgIpc) is 3.08. The van der Waals surface area contributed by atoms with Crippen LogP contribution in [0, 0.1) is 0 Å². The highest BCUT2D eigenvalue weighted by atomic mass is 32.1. The predicted octanol–water partition coefficient (Wildman–Crippen LogP) is 0.670. The number of aromatic nitrogens is 3. The second-order valence-corrected chi connectivity index (χ2v) is 5.81. The van der Waals surface area contributed by atoms with Crippen molar-refractivity contribution in [3.63, 3.8) is 0 Å². The lowest BCUT2D eigenvalue weighted by Crippen LogP contribution is -2.21. The number of nitrogens with zero attached hydrogens (tertiary/aromatic N) is 3. The molecule has 118 valence electrons. The van der Waals surface area contributed by atoms with Gasteiger partial charge in [-0.05, 0) is 12.8 Å². The van der Waals surface area contributed by atoms with Gasteiger partial charge in [0.15, 0.2) is 5.65 Å². The van der Waals surface area contributed by atoms with Crippen molar-refractivity contribution in [2.75, 3.05) is 18.9 Å². The van der Waals surface area contributed by atoms with Crippen LogP contribution in [0.1, 0.15) is 19.1 Å². The van der Waals surface area contributed by atoms with E-state index in [1.165, 1.54) is 4.57 Å². The minimum Gasteiger partial charge on any atom is -0.472 e. The molecule has 0 saturated carbocycles. The smallest absolute Gasteiger partial charge is 0.311 e. The Balaban J connectivity index is 2.08. The highest BCUT2D eigenvalue weighted by Gasteiger charge is 2.30. The van der Waals surface area contributed by atoms with E-state index in [1.54, 1.807) is 6.08 Å². The van der Waals surface area contributed by atoms with E-state index in [-0.39, 0.29) is 36.0 Å². The molecule has 3 heterocycles. The summed E-state index contributed by atoms with van der Waals surface area (Å²) in [5, 5.41) is 9.16. The Kier molecular flexibility index (Phi) is 4.10. The van der Waals surface area contributed by atoms with Crippen LogP contribution in [0.15, 0.2) is 17.4 Å². The van der Waals surface area contributed by atoms with Crippen LogP contribution < -0.4 is 15.3 Å². The number of nitrogens with two attached hydrogens (primary N) is 1. The van der Waals surface area contributed by atoms with Crippen LogP contribution in [0.5, 0.6) is 5.88 Å². The van der Waals surface area contributed by atoms with Gasteiger partial charge in [0.2, 0.25) is 11.8 Å². The van der Waals surface area contributed by atoms with E-state index in [9.17, 15) is 4.79 Å². The van der Waals surface area contributed by atoms with E-state index < -0.39 is 6.23 Å². The Morgan fingerprint density at radius 2 is 2.36 bits per heavy atom. The maximum atomic E-state index is 12.3. The Morgan fingerprint density at radius 3 is 3.05 bits per heavy atom. The van der Waals surface area contributed by atoms with Crippen LogP contribution in [-0.4, -0.2) is 39.0 Å². The van der Waals surface area contributed by atoms with Crippen molar-refractivity contribution in [1.82, 2.24) is 14.5 Å². The van der Waals surface area contributed by atoms with Gasteiger partial charge in [0, 0.05) is 0 Å². The van der Waals surface area contributed by atoms with Gasteiger partial charge in [-0.1, -0.05) is 24.0 Å². The van der Waals surface area contributed by atoms with Crippen molar-refractivity contribution >= 4 is 27.6 Å². The maximum absolute atomic E-state index is 12.3. The van der Waals surface area contributed by atoms with Crippen molar-refractivity contribution in [3.05, 3.63) is 22.3 Å². The first-order valence-electron chi connectivity index (χ1n) is 6.82. The number of anilines is 1. The van der Waals surface area contributed by atoms with Crippen LogP contribution in [0.25, 0.3) is 10.3 Å². The van der Waals surface area contributed by atoms with E-state index >= 15 is 0 Å². The Labute approximate surface area is 129 Å². The maximum Gasteiger partial charge on any atom is 0.311 e. The summed E-state index contributed by atoms with van der Waals surface area (Å²) in [5.41, 5.74) is 6.10. The monoisotopic (exact) mass is 324 g/mol. The third kappa shape index (κ3) is 2.58. The van der Waals surface area contributed by atoms with Crippen LogP contribution in [-0.2, 0) is 4.74 Å². The molecular weight excluding hydrogens is 308 g/mol. The summed E-state index contributed by atoms with van der Waals surface area (Å²) in [5.74, 6) is 0.287. The summed E-state index contributed by atoms with van der Waals surface area (Å²) in [7, 11) is 0. The van der Waals surface area contributed by atoms with Crippen LogP contribution in [0.4, 0.5) is 5.95 Å². The number of ether oxygens (including phenoxy) is 2. The lowest BCUT2D eigenvalue weighted by molar-refractivity contribution is -0.0214. The molecule has 2 aromatic rings. The van der Waals surface area contributed by atoms with E-state index in [2.05, 4.69) is 16.5 Å². The predicted molar refractivity (Wildman–Crippen MR) is 82.0 cm³/mol. The molecule has 0 bridgehead atoms. The number of nitrogen functional groups attached to an aromatic ring is 1. The summed E-state index contributed by atoms with van der Waals surface area (Å²) in [6.07, 6.45) is 2.17. The second kappa shape index (κ2) is 6.03. The first kappa shape index (κ1) is 14.9. The summed E-state index contributed by atoms with van der Waals surface area (Å²) in [6.45, 7) is 3.76. The lowest BCUT2D eigenvalue weighted by Gasteiger charge is -2.13.